The predicted octanol–water partition coefficient (Wildman–Crippen LogP) is 1.74. The summed E-state index contributed by atoms with van der Waals surface area (Å²) in [5.74, 6) is -1.00. The molecule has 0 spiro atoms. The highest BCUT2D eigenvalue weighted by molar-refractivity contribution is 5.82. The zero-order chi connectivity index (χ0) is 15.5. The summed E-state index contributed by atoms with van der Waals surface area (Å²) in [6.45, 7) is 0.705. The van der Waals surface area contributed by atoms with Crippen molar-refractivity contribution in [2.75, 3.05) is 6.54 Å². The molecule has 0 saturated carbocycles. The molecule has 1 heterocycles. The van der Waals surface area contributed by atoms with E-state index in [0.29, 0.717) is 12.1 Å². The van der Waals surface area contributed by atoms with Crippen molar-refractivity contribution in [1.29, 1.82) is 0 Å². The minimum Gasteiger partial charge on any atom is -0.390 e. The summed E-state index contributed by atoms with van der Waals surface area (Å²) in [4.78, 5) is 14.1. The molecule has 1 aliphatic heterocycles. The molecule has 1 saturated heterocycles. The number of likely N-dealkylation sites (tertiary alicyclic amines) is 1. The first-order valence-electron chi connectivity index (χ1n) is 7.40. The lowest BCUT2D eigenvalue weighted by molar-refractivity contribution is -0.135. The molecule has 0 aliphatic carbocycles. The fraction of sp³-hybridized carbons (Fsp3) is 0.278. The molecule has 4 nitrogen and oxygen atoms in total. The maximum Gasteiger partial charge on any atom is 0.231 e. The highest BCUT2D eigenvalue weighted by Crippen LogP contribution is 2.32. The Bertz CT molecular complexity index is 629. The van der Waals surface area contributed by atoms with Gasteiger partial charge in [-0.3, -0.25) is 4.79 Å². The van der Waals surface area contributed by atoms with Gasteiger partial charge < -0.3 is 15.1 Å². The Labute approximate surface area is 129 Å². The van der Waals surface area contributed by atoms with Gasteiger partial charge in [0.1, 0.15) is 0 Å². The van der Waals surface area contributed by atoms with Gasteiger partial charge in [-0.2, -0.15) is 0 Å². The molecule has 0 bridgehead atoms. The van der Waals surface area contributed by atoms with Crippen LogP contribution in [0, 0.1) is 5.92 Å². The molecule has 1 aliphatic rings. The maximum atomic E-state index is 12.5. The molecule has 1 amide bonds. The fourth-order valence-corrected chi connectivity index (χ4v) is 2.95. The summed E-state index contributed by atoms with van der Waals surface area (Å²) >= 11 is 0. The number of nitrogens with zero attached hydrogens (tertiary/aromatic N) is 1. The minimum absolute atomic E-state index is 0.201. The van der Waals surface area contributed by atoms with Crippen LogP contribution in [0.25, 0.3) is 0 Å². The van der Waals surface area contributed by atoms with Gasteiger partial charge in [0.05, 0.1) is 18.1 Å². The molecule has 3 rings (SSSR count). The summed E-state index contributed by atoms with van der Waals surface area (Å²) in [5, 5.41) is 20.7. The number of aliphatic hydroxyl groups excluding tert-OH is 2. The first-order valence-corrected chi connectivity index (χ1v) is 7.40. The zero-order valence-electron chi connectivity index (χ0n) is 12.2. The predicted molar refractivity (Wildman–Crippen MR) is 82.8 cm³/mol. The minimum atomic E-state index is -0.982. The average molecular weight is 297 g/mol. The van der Waals surface area contributed by atoms with Crippen LogP contribution in [-0.2, 0) is 11.3 Å². The Hall–Kier alpha value is -2.17. The van der Waals surface area contributed by atoms with Gasteiger partial charge in [-0.15, -0.1) is 0 Å². The van der Waals surface area contributed by atoms with Crippen LogP contribution in [-0.4, -0.2) is 33.7 Å². The second-order valence-electron chi connectivity index (χ2n) is 5.65. The number of rotatable bonds is 4. The number of carbonyl (C=O) groups is 1. The topological polar surface area (TPSA) is 60.8 Å². The quantitative estimate of drug-likeness (QED) is 0.903. The van der Waals surface area contributed by atoms with E-state index in [1.807, 2.05) is 48.5 Å². The molecule has 2 aromatic rings. The van der Waals surface area contributed by atoms with Crippen LogP contribution in [0.4, 0.5) is 0 Å². The number of β-amino-alcohol motifs (C(OH)–C–C–N with tert-alkyl or cyclic N) is 1. The van der Waals surface area contributed by atoms with Gasteiger partial charge in [-0.1, -0.05) is 60.7 Å². The average Bonchev–Trinajstić information content (AvgIpc) is 2.82. The molecule has 0 unspecified atom stereocenters. The third-order valence-corrected chi connectivity index (χ3v) is 4.12. The third kappa shape index (κ3) is 2.89. The van der Waals surface area contributed by atoms with E-state index in [-0.39, 0.29) is 12.5 Å². The third-order valence-electron chi connectivity index (χ3n) is 4.12. The molecule has 0 radical (unpaired) electrons. The van der Waals surface area contributed by atoms with E-state index in [1.54, 1.807) is 17.0 Å². The van der Waals surface area contributed by atoms with Crippen LogP contribution in [0.3, 0.4) is 0 Å². The van der Waals surface area contributed by atoms with Gasteiger partial charge in [0, 0.05) is 13.1 Å². The number of carbonyl (C=O) groups excluding carboxylic acids is 1. The summed E-state index contributed by atoms with van der Waals surface area (Å²) < 4.78 is 0. The van der Waals surface area contributed by atoms with Crippen LogP contribution >= 0.6 is 0 Å². The SMILES string of the molecule is O=C1[C@@H]([C@H](O)c2ccccc2)[C@H](O)CN1Cc1ccccc1. The van der Waals surface area contributed by atoms with Crippen molar-refractivity contribution in [3.63, 3.8) is 0 Å². The van der Waals surface area contributed by atoms with E-state index < -0.39 is 18.1 Å². The van der Waals surface area contributed by atoms with E-state index in [2.05, 4.69) is 0 Å². The van der Waals surface area contributed by atoms with Gasteiger partial charge in [0.15, 0.2) is 0 Å². The Kier molecular flexibility index (Phi) is 4.22. The summed E-state index contributed by atoms with van der Waals surface area (Å²) in [6.07, 6.45) is -1.84. The Morgan fingerprint density at radius 1 is 1.05 bits per heavy atom. The number of benzene rings is 2. The van der Waals surface area contributed by atoms with Gasteiger partial charge in [0.2, 0.25) is 5.91 Å². The lowest BCUT2D eigenvalue weighted by atomic mass is 9.93. The summed E-state index contributed by atoms with van der Waals surface area (Å²) in [7, 11) is 0. The van der Waals surface area contributed by atoms with Gasteiger partial charge >= 0.3 is 0 Å². The number of aliphatic hydroxyl groups is 2. The highest BCUT2D eigenvalue weighted by Gasteiger charge is 2.43. The maximum absolute atomic E-state index is 12.5. The Balaban J connectivity index is 1.75. The molecular weight excluding hydrogens is 278 g/mol. The van der Waals surface area contributed by atoms with Crippen LogP contribution in [0.1, 0.15) is 17.2 Å². The lowest BCUT2D eigenvalue weighted by Gasteiger charge is -2.20. The fourth-order valence-electron chi connectivity index (χ4n) is 2.95. The molecule has 0 aromatic heterocycles. The Morgan fingerprint density at radius 2 is 1.64 bits per heavy atom. The second-order valence-corrected chi connectivity index (χ2v) is 5.65. The van der Waals surface area contributed by atoms with Crippen molar-refractivity contribution in [2.24, 2.45) is 5.92 Å². The normalized spacial score (nSPS) is 22.8. The van der Waals surface area contributed by atoms with Crippen LogP contribution < -0.4 is 0 Å². The molecule has 4 heteroatoms. The molecule has 1 fully saturated rings. The van der Waals surface area contributed by atoms with Crippen molar-refractivity contribution >= 4 is 5.91 Å². The van der Waals surface area contributed by atoms with Crippen molar-refractivity contribution < 1.29 is 15.0 Å². The molecule has 3 atom stereocenters. The van der Waals surface area contributed by atoms with Crippen LogP contribution in [0.5, 0.6) is 0 Å². The smallest absolute Gasteiger partial charge is 0.231 e. The summed E-state index contributed by atoms with van der Waals surface area (Å²) in [6, 6.07) is 18.7. The molecule has 2 aromatic carbocycles. The molecule has 114 valence electrons. The van der Waals surface area contributed by atoms with E-state index in [1.165, 1.54) is 0 Å². The second kappa shape index (κ2) is 6.30. The number of amides is 1. The van der Waals surface area contributed by atoms with E-state index in [0.717, 1.165) is 5.56 Å². The van der Waals surface area contributed by atoms with Gasteiger partial charge in [0.25, 0.3) is 0 Å². The van der Waals surface area contributed by atoms with Crippen molar-refractivity contribution in [3.8, 4) is 0 Å². The van der Waals surface area contributed by atoms with Crippen LogP contribution in [0.15, 0.2) is 60.7 Å². The standard InChI is InChI=1S/C18H19NO3/c20-15-12-19(11-13-7-3-1-4-8-13)18(22)16(15)17(21)14-9-5-2-6-10-14/h1-10,15-17,20-21H,11-12H2/t15-,16-,17-/m1/s1. The van der Waals surface area contributed by atoms with Crippen molar-refractivity contribution in [2.45, 2.75) is 18.8 Å². The van der Waals surface area contributed by atoms with Gasteiger partial charge in [-0.05, 0) is 11.1 Å². The molecule has 22 heavy (non-hydrogen) atoms. The summed E-state index contributed by atoms with van der Waals surface area (Å²) in [5.41, 5.74) is 1.67. The number of hydrogen-bond acceptors (Lipinski definition) is 3. The lowest BCUT2D eigenvalue weighted by Crippen LogP contribution is -2.30. The van der Waals surface area contributed by atoms with Crippen molar-refractivity contribution in [3.05, 3.63) is 71.8 Å². The first kappa shape index (κ1) is 14.8. The largest absolute Gasteiger partial charge is 0.390 e. The van der Waals surface area contributed by atoms with E-state index >= 15 is 0 Å². The van der Waals surface area contributed by atoms with E-state index in [9.17, 15) is 15.0 Å². The number of hydrogen-bond donors (Lipinski definition) is 2. The first-order chi connectivity index (χ1) is 10.7. The van der Waals surface area contributed by atoms with E-state index in [4.69, 9.17) is 0 Å². The molecular formula is C18H19NO3. The monoisotopic (exact) mass is 297 g/mol. The van der Waals surface area contributed by atoms with Gasteiger partial charge in [-0.25, -0.2) is 0 Å². The highest BCUT2D eigenvalue weighted by atomic mass is 16.3. The zero-order valence-corrected chi connectivity index (χ0v) is 12.2. The van der Waals surface area contributed by atoms with Crippen LogP contribution in [0.2, 0.25) is 0 Å². The van der Waals surface area contributed by atoms with Crippen molar-refractivity contribution in [1.82, 2.24) is 4.90 Å². The molecule has 2 N–H and O–H groups in total. The Morgan fingerprint density at radius 3 is 2.27 bits per heavy atom.